The summed E-state index contributed by atoms with van der Waals surface area (Å²) >= 11 is 1.21. The fourth-order valence-electron chi connectivity index (χ4n) is 9.48. The number of nitrogens with one attached hydrogen (secondary N) is 9. The van der Waals surface area contributed by atoms with Crippen LogP contribution in [0.4, 0.5) is 0 Å². The van der Waals surface area contributed by atoms with Crippen molar-refractivity contribution in [3.8, 4) is 0 Å². The molecule has 0 aliphatic carbocycles. The van der Waals surface area contributed by atoms with Crippen molar-refractivity contribution in [1.82, 2.24) is 52.2 Å². The molecule has 0 saturated heterocycles. The molecule has 0 spiro atoms. The van der Waals surface area contributed by atoms with Crippen LogP contribution in [-0.4, -0.2) is 117 Å². The summed E-state index contributed by atoms with van der Waals surface area (Å²) in [6.07, 6.45) is 4.48. The topological polar surface area (TPSA) is 339 Å². The first-order valence-corrected chi connectivity index (χ1v) is 26.8. The van der Waals surface area contributed by atoms with E-state index in [4.69, 9.17) is 17.2 Å². The number of benzene rings is 3. The van der Waals surface area contributed by atoms with Gasteiger partial charge in [0.15, 0.2) is 5.96 Å². The van der Waals surface area contributed by atoms with Crippen LogP contribution in [0.2, 0.25) is 0 Å². The normalized spacial score (nSPS) is 21.1. The summed E-state index contributed by atoms with van der Waals surface area (Å²) < 4.78 is 0. The summed E-state index contributed by atoms with van der Waals surface area (Å²) in [5.74, 6) is -5.26. The van der Waals surface area contributed by atoms with Crippen molar-refractivity contribution < 1.29 is 33.6 Å². The molecular weight excluding hydrogens is 1010 g/mol. The molecule has 0 saturated carbocycles. The minimum absolute atomic E-state index is 0.0460. The first-order valence-electron chi connectivity index (χ1n) is 25.8. The summed E-state index contributed by atoms with van der Waals surface area (Å²) in [7, 11) is 0. The zero-order valence-corrected chi connectivity index (χ0v) is 43.9. The standard InChI is InChI=1S/C56H64N14O7S/c1-3-4-18-40(57)48(71)65-45-26-39-38-17-10-11-19-41(38)69-55(39)78-29-46-49(72)62-27-35-23-32(22-34-15-8-9-16-37(34)35)24-43(51(74)68-46)66-50(73)42(20-12-21-61-56(58)59)64-54(77)47(31(2)33-13-6-5-7-14-33)70-53(76)44(67-52(45)75)25-36-28-60-30-63-36/h5-7,9-11,13-14,16-17,19,22-23,28,30,40,42-47,69H,2-4,12,18,20-21,24-27,29,57H2,1H3,(H,60,63)(H,62,72)(H,64,77)(H,65,71)(H,66,73)(H,67,75)(H,68,74)(H,70,76)(H4,58,59,61)/t40-,42-,43-,44-,45?,46+,47+/m0/s1. The molecule has 1 unspecified atom stereocenters. The third-order valence-electron chi connectivity index (χ3n) is 13.7. The monoisotopic (exact) mass is 1080 g/mol. The Morgan fingerprint density at radius 2 is 1.60 bits per heavy atom. The number of carbonyl (C=O) groups excluding carboxylic acids is 7. The SMILES string of the molecule is C=C(c1ccccc1)[C@H]1NC(=O)[C@H](Cc2cnc[nH]2)NC(=O)C(NC(=O)[C@@H](N)CCCC)Cc2c([nH]c3ccccc23)SC[C@H]2NC(=O)[C@H](Cc3cc(c4ccc#cc4c3)CNC2=O)NC(=O)[C@H](CCCN=C(N)N)NC1=O. The maximum absolute atomic E-state index is 15.0. The third kappa shape index (κ3) is 14.0. The quantitative estimate of drug-likeness (QED) is 0.0446. The van der Waals surface area contributed by atoms with Crippen molar-refractivity contribution in [3.63, 3.8) is 0 Å². The molecule has 78 heavy (non-hydrogen) atoms. The maximum Gasteiger partial charge on any atom is 0.247 e. The third-order valence-corrected chi connectivity index (χ3v) is 14.8. The van der Waals surface area contributed by atoms with Crippen LogP contribution in [0.25, 0.3) is 27.2 Å². The van der Waals surface area contributed by atoms with Gasteiger partial charge in [-0.25, -0.2) is 4.98 Å². The van der Waals surface area contributed by atoms with Crippen LogP contribution in [0.1, 0.15) is 67.0 Å². The number of rotatable bonds is 13. The number of aromatic amines is 2. The minimum atomic E-state index is -1.56. The molecule has 406 valence electrons. The number of para-hydroxylation sites is 1. The smallest absolute Gasteiger partial charge is 0.247 e. The highest BCUT2D eigenvalue weighted by Crippen LogP contribution is 2.32. The highest BCUT2D eigenvalue weighted by atomic mass is 32.2. The van der Waals surface area contributed by atoms with Crippen molar-refractivity contribution in [2.75, 3.05) is 12.3 Å². The number of guanidine groups is 1. The highest BCUT2D eigenvalue weighted by Gasteiger charge is 2.37. The van der Waals surface area contributed by atoms with Gasteiger partial charge in [0.1, 0.15) is 36.3 Å². The lowest BCUT2D eigenvalue weighted by Crippen LogP contribution is -2.60. The van der Waals surface area contributed by atoms with Gasteiger partial charge in [0.25, 0.3) is 0 Å². The number of aromatic nitrogens is 3. The van der Waals surface area contributed by atoms with Gasteiger partial charge < -0.3 is 64.4 Å². The lowest BCUT2D eigenvalue weighted by Gasteiger charge is -2.28. The zero-order valence-electron chi connectivity index (χ0n) is 43.1. The van der Waals surface area contributed by atoms with Gasteiger partial charge in [-0.3, -0.25) is 38.6 Å². The molecule has 7 atom stereocenters. The van der Waals surface area contributed by atoms with Crippen LogP contribution in [0.15, 0.2) is 108 Å². The maximum atomic E-state index is 15.0. The second-order valence-corrected chi connectivity index (χ2v) is 20.4. The molecule has 0 radical (unpaired) electrons. The van der Waals surface area contributed by atoms with Gasteiger partial charge in [-0.15, -0.1) is 11.8 Å². The Morgan fingerprint density at radius 1 is 0.846 bits per heavy atom. The highest BCUT2D eigenvalue weighted by molar-refractivity contribution is 7.99. The van der Waals surface area contributed by atoms with E-state index in [1.807, 2.05) is 49.4 Å². The molecule has 22 heteroatoms. The number of amides is 7. The van der Waals surface area contributed by atoms with Gasteiger partial charge in [0.05, 0.1) is 17.4 Å². The summed E-state index contributed by atoms with van der Waals surface area (Å²) in [4.78, 5) is 118. The number of aliphatic imine (C=N–C) groups is 1. The summed E-state index contributed by atoms with van der Waals surface area (Å²) in [6.45, 7) is 6.36. The minimum Gasteiger partial charge on any atom is -0.370 e. The van der Waals surface area contributed by atoms with Crippen molar-refractivity contribution in [2.24, 2.45) is 22.2 Å². The number of hydrogen-bond donors (Lipinski definition) is 12. The van der Waals surface area contributed by atoms with E-state index in [9.17, 15) is 28.8 Å². The van der Waals surface area contributed by atoms with E-state index >= 15 is 4.79 Å². The van der Waals surface area contributed by atoms with Crippen LogP contribution >= 0.6 is 11.8 Å². The van der Waals surface area contributed by atoms with Gasteiger partial charge in [0.2, 0.25) is 41.4 Å². The molecular formula is C56H64N14O7S. The summed E-state index contributed by atoms with van der Waals surface area (Å²) in [6, 6.07) is 20.2. The van der Waals surface area contributed by atoms with E-state index in [1.165, 1.54) is 24.3 Å². The number of imidazole rings is 1. The van der Waals surface area contributed by atoms with Crippen LogP contribution in [0.5, 0.6) is 0 Å². The van der Waals surface area contributed by atoms with Gasteiger partial charge in [-0.05, 0) is 76.7 Å². The van der Waals surface area contributed by atoms with Crippen molar-refractivity contribution in [2.45, 2.75) is 112 Å². The van der Waals surface area contributed by atoms with Crippen molar-refractivity contribution in [1.29, 1.82) is 0 Å². The molecule has 4 heterocycles. The van der Waals surface area contributed by atoms with E-state index in [2.05, 4.69) is 75.9 Å². The number of carbonyl (C=O) groups is 7. The predicted molar refractivity (Wildman–Crippen MR) is 297 cm³/mol. The number of unbranched alkanes of at least 4 members (excludes halogenated alkanes) is 1. The number of H-pyrrole nitrogens is 2. The van der Waals surface area contributed by atoms with Gasteiger partial charge >= 0.3 is 0 Å². The molecule has 21 nitrogen and oxygen atoms in total. The second-order valence-electron chi connectivity index (χ2n) is 19.4. The molecule has 2 aromatic heterocycles. The number of hydrogen-bond acceptors (Lipinski definition) is 11. The molecule has 8 rings (SSSR count). The molecule has 2 aliphatic heterocycles. The Hall–Kier alpha value is -8.68. The van der Waals surface area contributed by atoms with Crippen molar-refractivity contribution in [3.05, 3.63) is 138 Å². The summed E-state index contributed by atoms with van der Waals surface area (Å²) in [5, 5.41) is 22.8. The van der Waals surface area contributed by atoms with Crippen molar-refractivity contribution >= 4 is 86.3 Å². The fourth-order valence-corrected chi connectivity index (χ4v) is 10.6. The fraction of sp³-hybridized carbons (Fsp3) is 0.339. The first-order chi connectivity index (χ1) is 37.6. The Labute approximate surface area is 455 Å². The Kier molecular flexibility index (Phi) is 18.5. The van der Waals surface area contributed by atoms with Crippen LogP contribution in [0, 0.1) is 12.1 Å². The molecule has 0 fully saturated rings. The molecule has 4 bridgehead atoms. The molecule has 6 aromatic rings. The second kappa shape index (κ2) is 25.9. The number of thioether (sulfide) groups is 1. The van der Waals surface area contributed by atoms with Crippen LogP contribution < -0.4 is 54.4 Å². The molecule has 2 aliphatic rings. The lowest BCUT2D eigenvalue weighted by atomic mass is 9.97. The van der Waals surface area contributed by atoms with E-state index < -0.39 is 83.6 Å². The zero-order chi connectivity index (χ0) is 55.3. The molecule has 4 aromatic carbocycles. The van der Waals surface area contributed by atoms with E-state index in [0.717, 1.165) is 17.4 Å². The number of nitrogens with zero attached hydrogens (tertiary/aromatic N) is 2. The van der Waals surface area contributed by atoms with E-state index in [1.54, 1.807) is 36.4 Å². The van der Waals surface area contributed by atoms with Crippen LogP contribution in [-0.2, 0) is 59.4 Å². The Balaban J connectivity index is 1.26. The predicted octanol–water partition coefficient (Wildman–Crippen LogP) is 1.60. The summed E-state index contributed by atoms with van der Waals surface area (Å²) in [5.41, 5.74) is 21.4. The molecule has 15 N–H and O–H groups in total. The Morgan fingerprint density at radius 3 is 2.37 bits per heavy atom. The average molecular weight is 1080 g/mol. The largest absolute Gasteiger partial charge is 0.370 e. The number of fused-ring (bicyclic) bond motifs is 10. The first kappa shape index (κ1) is 55.5. The van der Waals surface area contributed by atoms with E-state index in [-0.39, 0.29) is 62.5 Å². The lowest BCUT2D eigenvalue weighted by molar-refractivity contribution is -0.135. The Bertz CT molecular complexity index is 3200. The molecule has 7 amide bonds. The van der Waals surface area contributed by atoms with Gasteiger partial charge in [0, 0.05) is 66.3 Å². The van der Waals surface area contributed by atoms with Gasteiger partial charge in [-0.1, -0.05) is 93.1 Å². The number of nitrogens with two attached hydrogens (primary N) is 3. The average Bonchev–Trinajstić information content (AvgIpc) is 4.12. The van der Waals surface area contributed by atoms with Crippen LogP contribution in [0.3, 0.4) is 0 Å². The van der Waals surface area contributed by atoms with E-state index in [0.29, 0.717) is 56.5 Å². The van der Waals surface area contributed by atoms with Gasteiger partial charge in [-0.2, -0.15) is 0 Å².